The number of nitrogens with zero attached hydrogens (tertiary/aromatic N) is 1. The fourth-order valence-electron chi connectivity index (χ4n) is 5.22. The number of benzene rings is 1. The lowest BCUT2D eigenvalue weighted by Crippen LogP contribution is -2.59. The topological polar surface area (TPSA) is 102 Å². The second kappa shape index (κ2) is 9.63. The van der Waals surface area contributed by atoms with Crippen molar-refractivity contribution in [3.05, 3.63) is 35.4 Å². The third-order valence-electron chi connectivity index (χ3n) is 7.37. The van der Waals surface area contributed by atoms with E-state index in [1.54, 1.807) is 13.8 Å². The van der Waals surface area contributed by atoms with Gasteiger partial charge in [-0.25, -0.2) is 4.79 Å². The van der Waals surface area contributed by atoms with Gasteiger partial charge in [0.05, 0.1) is 17.1 Å². The number of hydrogen-bond donors (Lipinski definition) is 4. The average Bonchev–Trinajstić information content (AvgIpc) is 2.74. The van der Waals surface area contributed by atoms with E-state index in [0.29, 0.717) is 19.5 Å². The van der Waals surface area contributed by atoms with Crippen molar-refractivity contribution >= 4 is 11.9 Å². The van der Waals surface area contributed by atoms with Gasteiger partial charge in [-0.2, -0.15) is 0 Å². The Hall–Kier alpha value is -2.12. The number of likely N-dealkylation sites (tertiary alicyclic amines) is 1. The highest BCUT2D eigenvalue weighted by atomic mass is 16.3. The Morgan fingerprint density at radius 1 is 1.15 bits per heavy atom. The number of aryl methyl sites for hydroxylation is 1. The van der Waals surface area contributed by atoms with Crippen molar-refractivity contribution in [3.63, 3.8) is 0 Å². The average molecular weight is 460 g/mol. The summed E-state index contributed by atoms with van der Waals surface area (Å²) in [6, 6.07) is 7.43. The first-order valence-electron chi connectivity index (χ1n) is 12.2. The van der Waals surface area contributed by atoms with Crippen molar-refractivity contribution in [1.29, 1.82) is 0 Å². The molecule has 0 radical (unpaired) electrons. The minimum atomic E-state index is -1.00. The lowest BCUT2D eigenvalue weighted by Gasteiger charge is -2.51. The number of piperidine rings is 1. The molecule has 4 N–H and O–H groups in total. The Balaban J connectivity index is 1.68. The first-order chi connectivity index (χ1) is 15.3. The summed E-state index contributed by atoms with van der Waals surface area (Å²) in [5.41, 5.74) is -0.468. The smallest absolute Gasteiger partial charge is 0.315 e. The van der Waals surface area contributed by atoms with E-state index in [-0.39, 0.29) is 30.4 Å². The van der Waals surface area contributed by atoms with Gasteiger partial charge in [0, 0.05) is 31.1 Å². The van der Waals surface area contributed by atoms with E-state index >= 15 is 0 Å². The number of carbonyl (C=O) groups excluding carboxylic acids is 2. The molecule has 0 unspecified atom stereocenters. The minimum absolute atomic E-state index is 0.0570. The van der Waals surface area contributed by atoms with Crippen molar-refractivity contribution in [1.82, 2.24) is 15.5 Å². The summed E-state index contributed by atoms with van der Waals surface area (Å²) in [5.74, 6) is -0.213. The van der Waals surface area contributed by atoms with E-state index in [0.717, 1.165) is 36.8 Å². The molecule has 1 saturated heterocycles. The Morgan fingerprint density at radius 2 is 1.79 bits per heavy atom. The van der Waals surface area contributed by atoms with Crippen molar-refractivity contribution in [2.75, 3.05) is 19.6 Å². The zero-order valence-corrected chi connectivity index (χ0v) is 20.8. The van der Waals surface area contributed by atoms with Gasteiger partial charge in [0.1, 0.15) is 0 Å². The number of rotatable bonds is 5. The van der Waals surface area contributed by atoms with Crippen LogP contribution in [0.4, 0.5) is 4.79 Å². The maximum absolute atomic E-state index is 13.6. The monoisotopic (exact) mass is 459 g/mol. The van der Waals surface area contributed by atoms with Crippen molar-refractivity contribution in [2.45, 2.75) is 84.0 Å². The first kappa shape index (κ1) is 25.5. The van der Waals surface area contributed by atoms with E-state index in [1.807, 2.05) is 49.9 Å². The van der Waals surface area contributed by atoms with Gasteiger partial charge < -0.3 is 25.7 Å². The van der Waals surface area contributed by atoms with Crippen LogP contribution in [0.2, 0.25) is 0 Å². The molecule has 3 atom stereocenters. The molecule has 2 fully saturated rings. The SMILES string of the molecule is Cc1ccc([C@@]2(O)CCN(C(=O)[C@H]3CCCC[C@H]3NC(=O)NCC(C)(C)O)CC2(C)C)cc1. The summed E-state index contributed by atoms with van der Waals surface area (Å²) >= 11 is 0. The number of nitrogens with one attached hydrogen (secondary N) is 2. The highest BCUT2D eigenvalue weighted by Crippen LogP contribution is 2.46. The first-order valence-corrected chi connectivity index (χ1v) is 12.2. The molecule has 1 aliphatic carbocycles. The second-order valence-electron chi connectivity index (χ2n) is 11.3. The number of amides is 3. The third-order valence-corrected chi connectivity index (χ3v) is 7.37. The van der Waals surface area contributed by atoms with Gasteiger partial charge in [-0.1, -0.05) is 56.5 Å². The summed E-state index contributed by atoms with van der Waals surface area (Å²) < 4.78 is 0. The van der Waals surface area contributed by atoms with Crippen LogP contribution in [-0.4, -0.2) is 58.3 Å². The van der Waals surface area contributed by atoms with Crippen LogP contribution in [0.1, 0.15) is 70.9 Å². The van der Waals surface area contributed by atoms with Gasteiger partial charge in [-0.05, 0) is 45.6 Å². The second-order valence-corrected chi connectivity index (χ2v) is 11.3. The van der Waals surface area contributed by atoms with Crippen LogP contribution in [0.3, 0.4) is 0 Å². The molecule has 1 aliphatic heterocycles. The molecular formula is C26H41N3O4. The Labute approximate surface area is 197 Å². The van der Waals surface area contributed by atoms with Gasteiger partial charge in [0.15, 0.2) is 0 Å². The predicted molar refractivity (Wildman–Crippen MR) is 129 cm³/mol. The zero-order valence-electron chi connectivity index (χ0n) is 20.8. The number of aliphatic hydroxyl groups is 2. The lowest BCUT2D eigenvalue weighted by molar-refractivity contribution is -0.158. The molecular weight excluding hydrogens is 418 g/mol. The molecule has 7 nitrogen and oxygen atoms in total. The van der Waals surface area contributed by atoms with E-state index in [4.69, 9.17) is 0 Å². The standard InChI is InChI=1S/C26H41N3O4/c1-18-10-12-19(13-11-18)26(33)14-15-29(17-24(26,2)3)22(30)20-8-6-7-9-21(20)28-23(31)27-16-25(4,5)32/h10-13,20-21,32-33H,6-9,14-17H2,1-5H3,(H2,27,28,31)/t20-,21+,26-/m0/s1. The molecule has 1 aromatic carbocycles. The zero-order chi connectivity index (χ0) is 24.4. The predicted octanol–water partition coefficient (Wildman–Crippen LogP) is 3.07. The third kappa shape index (κ3) is 5.87. The fourth-order valence-corrected chi connectivity index (χ4v) is 5.22. The van der Waals surface area contributed by atoms with Gasteiger partial charge >= 0.3 is 6.03 Å². The Bertz CT molecular complexity index is 846. The molecule has 3 amide bonds. The van der Waals surface area contributed by atoms with Crippen LogP contribution in [0.15, 0.2) is 24.3 Å². The summed E-state index contributed by atoms with van der Waals surface area (Å²) in [6.07, 6.45) is 3.92. The van der Waals surface area contributed by atoms with Crippen molar-refractivity contribution in [3.8, 4) is 0 Å². The summed E-state index contributed by atoms with van der Waals surface area (Å²) in [5, 5.41) is 27.2. The van der Waals surface area contributed by atoms with Gasteiger partial charge in [0.2, 0.25) is 5.91 Å². The van der Waals surface area contributed by atoms with Gasteiger partial charge in [-0.3, -0.25) is 4.79 Å². The molecule has 0 spiro atoms. The fraction of sp³-hybridized carbons (Fsp3) is 0.692. The van der Waals surface area contributed by atoms with Crippen LogP contribution in [0.25, 0.3) is 0 Å². The van der Waals surface area contributed by atoms with Crippen LogP contribution in [0.5, 0.6) is 0 Å². The van der Waals surface area contributed by atoms with Crippen molar-refractivity contribution in [2.24, 2.45) is 11.3 Å². The maximum Gasteiger partial charge on any atom is 0.315 e. The molecule has 0 bridgehead atoms. The molecule has 3 rings (SSSR count). The molecule has 7 heteroatoms. The molecule has 0 aromatic heterocycles. The molecule has 1 aromatic rings. The molecule has 2 aliphatic rings. The summed E-state index contributed by atoms with van der Waals surface area (Å²) in [7, 11) is 0. The van der Waals surface area contributed by atoms with Gasteiger partial charge in [0.25, 0.3) is 0 Å². The number of carbonyl (C=O) groups is 2. The quantitative estimate of drug-likeness (QED) is 0.543. The van der Waals surface area contributed by atoms with E-state index in [9.17, 15) is 19.8 Å². The van der Waals surface area contributed by atoms with Crippen LogP contribution < -0.4 is 10.6 Å². The lowest BCUT2D eigenvalue weighted by atomic mass is 9.66. The minimum Gasteiger partial charge on any atom is -0.389 e. The summed E-state index contributed by atoms with van der Waals surface area (Å²) in [6.45, 7) is 10.4. The van der Waals surface area contributed by atoms with E-state index in [2.05, 4.69) is 10.6 Å². The van der Waals surface area contributed by atoms with E-state index in [1.165, 1.54) is 0 Å². The molecule has 1 heterocycles. The maximum atomic E-state index is 13.6. The molecule has 184 valence electrons. The van der Waals surface area contributed by atoms with Crippen LogP contribution >= 0.6 is 0 Å². The highest BCUT2D eigenvalue weighted by Gasteiger charge is 2.50. The van der Waals surface area contributed by atoms with Crippen molar-refractivity contribution < 1.29 is 19.8 Å². The number of urea groups is 1. The van der Waals surface area contributed by atoms with Crippen LogP contribution in [-0.2, 0) is 10.4 Å². The largest absolute Gasteiger partial charge is 0.389 e. The molecule has 33 heavy (non-hydrogen) atoms. The van der Waals surface area contributed by atoms with E-state index < -0.39 is 16.6 Å². The normalized spacial score (nSPS) is 27.7. The summed E-state index contributed by atoms with van der Waals surface area (Å²) in [4.78, 5) is 27.8. The molecule has 1 saturated carbocycles. The van der Waals surface area contributed by atoms with Crippen LogP contribution in [0, 0.1) is 18.3 Å². The number of hydrogen-bond acceptors (Lipinski definition) is 4. The highest BCUT2D eigenvalue weighted by molar-refractivity contribution is 5.81. The van der Waals surface area contributed by atoms with Gasteiger partial charge in [-0.15, -0.1) is 0 Å². The Kier molecular flexibility index (Phi) is 7.44. The Morgan fingerprint density at radius 3 is 2.39 bits per heavy atom.